The topological polar surface area (TPSA) is 225 Å². The van der Waals surface area contributed by atoms with Crippen molar-refractivity contribution in [1.82, 2.24) is 4.90 Å². The molecule has 0 heterocycles. The summed E-state index contributed by atoms with van der Waals surface area (Å²) in [6.07, 6.45) is -1.79. The first-order valence-electron chi connectivity index (χ1n) is 11.7. The molecule has 0 unspecified atom stereocenters. The third-order valence-corrected chi connectivity index (χ3v) is 7.50. The van der Waals surface area contributed by atoms with E-state index in [1.165, 1.54) is 32.0 Å². The number of aromatic carboxylic acids is 1. The van der Waals surface area contributed by atoms with Gasteiger partial charge < -0.3 is 36.0 Å². The summed E-state index contributed by atoms with van der Waals surface area (Å²) in [6, 6.07) is 0.761. The van der Waals surface area contributed by atoms with E-state index in [0.29, 0.717) is 0 Å². The fourth-order valence-corrected chi connectivity index (χ4v) is 5.77. The molecule has 1 saturated carbocycles. The van der Waals surface area contributed by atoms with Crippen molar-refractivity contribution in [3.63, 3.8) is 0 Å². The SMILES string of the molecule is C=C1c2ccc(C(=O)O)c(O)c2C(O)=C2C(=O)[C@@]3(O)C(O)=C(C(N)=O)C(=O)[C@H](N(C)C)[C@H]3[C@H](OC(=O)CC)[C@@H]12. The van der Waals surface area contributed by atoms with Gasteiger partial charge in [0.05, 0.1) is 29.0 Å². The van der Waals surface area contributed by atoms with Crippen LogP contribution in [0.4, 0.5) is 0 Å². The molecule has 3 aliphatic carbocycles. The van der Waals surface area contributed by atoms with Crippen LogP contribution >= 0.6 is 0 Å². The molecule has 0 aromatic heterocycles. The minimum atomic E-state index is -3.11. The second-order valence-corrected chi connectivity index (χ2v) is 9.74. The number of hydrogen-bond donors (Lipinski definition) is 6. The number of phenols is 1. The molecule has 0 aliphatic heterocycles. The number of aromatic hydroxyl groups is 1. The van der Waals surface area contributed by atoms with Gasteiger partial charge >= 0.3 is 11.9 Å². The largest absolute Gasteiger partial charge is 0.508 e. The van der Waals surface area contributed by atoms with E-state index in [1.807, 2.05) is 0 Å². The van der Waals surface area contributed by atoms with Crippen LogP contribution in [0.25, 0.3) is 11.3 Å². The van der Waals surface area contributed by atoms with Crippen LogP contribution in [0.2, 0.25) is 0 Å². The number of rotatable bonds is 5. The Balaban J connectivity index is 2.14. The first-order chi connectivity index (χ1) is 18.1. The lowest BCUT2D eigenvalue weighted by atomic mass is 9.55. The van der Waals surface area contributed by atoms with Gasteiger partial charge in [0.1, 0.15) is 34.5 Å². The summed E-state index contributed by atoms with van der Waals surface area (Å²) >= 11 is 0. The Morgan fingerprint density at radius 2 is 1.77 bits per heavy atom. The van der Waals surface area contributed by atoms with Crippen LogP contribution in [0, 0.1) is 11.8 Å². The second kappa shape index (κ2) is 9.06. The van der Waals surface area contributed by atoms with Gasteiger partial charge in [0.25, 0.3) is 5.91 Å². The molecule has 206 valence electrons. The minimum absolute atomic E-state index is 0.0107. The molecule has 4 rings (SSSR count). The minimum Gasteiger partial charge on any atom is -0.508 e. The average molecular weight is 542 g/mol. The Hall–Kier alpha value is -4.49. The molecule has 0 spiro atoms. The van der Waals surface area contributed by atoms with Gasteiger partial charge in [0.2, 0.25) is 5.78 Å². The maximum absolute atomic E-state index is 14.0. The molecule has 1 amide bonds. The number of esters is 1. The lowest BCUT2D eigenvalue weighted by Crippen LogP contribution is -2.70. The van der Waals surface area contributed by atoms with E-state index in [2.05, 4.69) is 6.58 Å². The molecule has 7 N–H and O–H groups in total. The van der Waals surface area contributed by atoms with E-state index in [-0.39, 0.29) is 17.6 Å². The molecule has 5 atom stereocenters. The molecule has 1 aromatic rings. The first kappa shape index (κ1) is 27.5. The Kier molecular flexibility index (Phi) is 6.40. The zero-order valence-electron chi connectivity index (χ0n) is 21.1. The van der Waals surface area contributed by atoms with Crippen LogP contribution in [-0.2, 0) is 23.9 Å². The van der Waals surface area contributed by atoms with Crippen molar-refractivity contribution in [2.24, 2.45) is 17.6 Å². The van der Waals surface area contributed by atoms with E-state index < -0.39 is 98.5 Å². The highest BCUT2D eigenvalue weighted by Crippen LogP contribution is 2.56. The quantitative estimate of drug-likeness (QED) is 0.215. The Bertz CT molecular complexity index is 1450. The number of benzene rings is 1. The number of carboxylic acids is 1. The summed E-state index contributed by atoms with van der Waals surface area (Å²) in [7, 11) is 2.79. The molecule has 0 saturated heterocycles. The van der Waals surface area contributed by atoms with E-state index >= 15 is 0 Å². The maximum atomic E-state index is 14.0. The number of Topliss-reactive ketones (excluding diaryl/α,β-unsaturated/α-hetero) is 2. The van der Waals surface area contributed by atoms with E-state index in [1.54, 1.807) is 0 Å². The molecule has 0 radical (unpaired) electrons. The molecule has 0 bridgehead atoms. The number of amides is 1. The third kappa shape index (κ3) is 3.57. The van der Waals surface area contributed by atoms with Crippen LogP contribution in [0.1, 0.15) is 34.8 Å². The number of carboxylic acid groups (broad SMARTS) is 1. The molecular formula is C26H26N2O11. The van der Waals surface area contributed by atoms with Crippen molar-refractivity contribution in [3.8, 4) is 5.75 Å². The summed E-state index contributed by atoms with van der Waals surface area (Å²) in [5.41, 5.74) is -0.624. The average Bonchev–Trinajstić information content (AvgIpc) is 2.84. The highest BCUT2D eigenvalue weighted by atomic mass is 16.5. The predicted molar refractivity (Wildman–Crippen MR) is 132 cm³/mol. The monoisotopic (exact) mass is 542 g/mol. The van der Waals surface area contributed by atoms with Crippen molar-refractivity contribution in [2.45, 2.75) is 31.1 Å². The summed E-state index contributed by atoms with van der Waals surface area (Å²) < 4.78 is 5.65. The van der Waals surface area contributed by atoms with Gasteiger partial charge in [-0.25, -0.2) is 4.79 Å². The standard InChI is InChI=1S/C26H26N2O11/c1-5-11(29)39-21-12-8(2)9-6-7-10(25(36)37)18(30)13(9)19(31)14(12)22(33)26(38)16(21)17(28(3)4)20(32)15(23(26)34)24(27)35/h6-7,12,16-17,21,30-31,34,38H,2,5H2,1,3-4H3,(H2,27,35)(H,36,37)/t12-,16-,17+,21+,26+/m0/s1. The van der Waals surface area contributed by atoms with Crippen LogP contribution in [0.5, 0.6) is 5.75 Å². The number of likely N-dealkylation sites (N-methyl/N-ethyl adjacent to an activating group) is 1. The van der Waals surface area contributed by atoms with Crippen LogP contribution in [-0.4, -0.2) is 91.7 Å². The molecule has 13 heteroatoms. The molecule has 13 nitrogen and oxygen atoms in total. The number of carbonyl (C=O) groups excluding carboxylic acids is 4. The highest BCUT2D eigenvalue weighted by molar-refractivity contribution is 6.25. The van der Waals surface area contributed by atoms with E-state index in [4.69, 9.17) is 10.5 Å². The van der Waals surface area contributed by atoms with E-state index in [0.717, 1.165) is 6.07 Å². The van der Waals surface area contributed by atoms with Gasteiger partial charge in [-0.15, -0.1) is 0 Å². The number of nitrogens with zero attached hydrogens (tertiary/aromatic N) is 1. The number of fused-ring (bicyclic) bond motifs is 3. The van der Waals surface area contributed by atoms with Crippen LogP contribution in [0.3, 0.4) is 0 Å². The Labute approximate surface area is 221 Å². The number of carbonyl (C=O) groups is 5. The Morgan fingerprint density at radius 3 is 2.28 bits per heavy atom. The van der Waals surface area contributed by atoms with Crippen molar-refractivity contribution >= 4 is 40.7 Å². The summed E-state index contributed by atoms with van der Waals surface area (Å²) in [6.45, 7) is 5.41. The molecule has 1 aromatic carbocycles. The number of ether oxygens (including phenoxy) is 1. The lowest BCUT2D eigenvalue weighted by molar-refractivity contribution is -0.181. The van der Waals surface area contributed by atoms with Crippen molar-refractivity contribution < 1.29 is 54.2 Å². The normalized spacial score (nSPS) is 28.2. The molecule has 3 aliphatic rings. The number of aliphatic hydroxyl groups is 3. The zero-order valence-corrected chi connectivity index (χ0v) is 21.1. The van der Waals surface area contributed by atoms with Crippen LogP contribution < -0.4 is 5.73 Å². The van der Waals surface area contributed by atoms with Gasteiger partial charge in [0.15, 0.2) is 11.4 Å². The number of ketones is 2. The molecule has 39 heavy (non-hydrogen) atoms. The maximum Gasteiger partial charge on any atom is 0.339 e. The summed E-state index contributed by atoms with van der Waals surface area (Å²) in [5.74, 6) is -12.6. The van der Waals surface area contributed by atoms with Crippen molar-refractivity contribution in [2.75, 3.05) is 14.1 Å². The van der Waals surface area contributed by atoms with Gasteiger partial charge in [-0.3, -0.25) is 24.1 Å². The van der Waals surface area contributed by atoms with Crippen LogP contribution in [0.15, 0.2) is 35.6 Å². The number of hydrogen-bond acceptors (Lipinski definition) is 11. The first-order valence-corrected chi connectivity index (χ1v) is 11.7. The lowest BCUT2D eigenvalue weighted by Gasteiger charge is -2.53. The summed E-state index contributed by atoms with van der Waals surface area (Å²) in [4.78, 5) is 65.0. The molecule has 1 fully saturated rings. The van der Waals surface area contributed by atoms with Crippen molar-refractivity contribution in [3.05, 3.63) is 52.3 Å². The van der Waals surface area contributed by atoms with Crippen molar-refractivity contribution in [1.29, 1.82) is 0 Å². The third-order valence-electron chi connectivity index (χ3n) is 7.50. The smallest absolute Gasteiger partial charge is 0.339 e. The van der Waals surface area contributed by atoms with Gasteiger partial charge in [-0.05, 0) is 31.3 Å². The van der Waals surface area contributed by atoms with Gasteiger partial charge in [0, 0.05) is 6.42 Å². The highest BCUT2D eigenvalue weighted by Gasteiger charge is 2.69. The zero-order chi connectivity index (χ0) is 29.3. The fourth-order valence-electron chi connectivity index (χ4n) is 5.77. The fraction of sp³-hybridized carbons (Fsp3) is 0.346. The predicted octanol–water partition coefficient (Wildman–Crippen LogP) is 0.0646. The number of aliphatic hydroxyl groups excluding tert-OH is 2. The second-order valence-electron chi connectivity index (χ2n) is 9.74. The Morgan fingerprint density at radius 1 is 1.15 bits per heavy atom. The molecular weight excluding hydrogens is 516 g/mol. The van der Waals surface area contributed by atoms with E-state index in [9.17, 15) is 49.5 Å². The number of primary amides is 1. The number of nitrogens with two attached hydrogens (primary N) is 1. The van der Waals surface area contributed by atoms with Gasteiger partial charge in [-0.1, -0.05) is 19.6 Å². The van der Waals surface area contributed by atoms with Gasteiger partial charge in [-0.2, -0.15) is 0 Å². The summed E-state index contributed by atoms with van der Waals surface area (Å²) in [5, 5.41) is 54.3.